The molecule has 0 bridgehead atoms. The van der Waals surface area contributed by atoms with E-state index >= 15 is 0 Å². The summed E-state index contributed by atoms with van der Waals surface area (Å²) < 4.78 is 26.1. The summed E-state index contributed by atoms with van der Waals surface area (Å²) in [5.74, 6) is -1.44. The Morgan fingerprint density at radius 1 is 1.12 bits per heavy atom. The van der Waals surface area contributed by atoms with Crippen LogP contribution in [0.1, 0.15) is 5.69 Å². The van der Waals surface area contributed by atoms with Crippen LogP contribution in [0.3, 0.4) is 0 Å². The first kappa shape index (κ1) is 10.2. The van der Waals surface area contributed by atoms with E-state index in [0.717, 1.165) is 12.1 Å². The van der Waals surface area contributed by atoms with Crippen LogP contribution in [0.5, 0.6) is 0 Å². The van der Waals surface area contributed by atoms with Crippen molar-refractivity contribution in [3.63, 3.8) is 0 Å². The van der Waals surface area contributed by atoms with Gasteiger partial charge in [-0.2, -0.15) is 5.26 Å². The van der Waals surface area contributed by atoms with Gasteiger partial charge in [-0.15, -0.1) is 0 Å². The Kier molecular flexibility index (Phi) is 2.56. The zero-order valence-electron chi connectivity index (χ0n) is 7.98. The molecule has 3 nitrogen and oxygen atoms in total. The molecule has 0 spiro atoms. The zero-order chi connectivity index (χ0) is 11.5. The lowest BCUT2D eigenvalue weighted by atomic mass is 10.1. The van der Waals surface area contributed by atoms with Crippen molar-refractivity contribution in [3.05, 3.63) is 47.9 Å². The lowest BCUT2D eigenvalue weighted by Crippen LogP contribution is -1.95. The Labute approximate surface area is 90.0 Å². The van der Waals surface area contributed by atoms with Gasteiger partial charge in [0.1, 0.15) is 23.4 Å². The van der Waals surface area contributed by atoms with Crippen molar-refractivity contribution in [1.29, 1.82) is 5.26 Å². The smallest absolute Gasteiger partial charge is 0.166 e. The molecule has 1 aromatic heterocycles. The van der Waals surface area contributed by atoms with Gasteiger partial charge < -0.3 is 0 Å². The molecule has 0 unspecified atom stereocenters. The average molecular weight is 217 g/mol. The highest BCUT2D eigenvalue weighted by Gasteiger charge is 2.12. The molecule has 0 aliphatic heterocycles. The van der Waals surface area contributed by atoms with Gasteiger partial charge >= 0.3 is 0 Å². The zero-order valence-corrected chi connectivity index (χ0v) is 7.98. The molecule has 0 aliphatic carbocycles. The topological polar surface area (TPSA) is 49.6 Å². The Bertz CT molecular complexity index is 576. The van der Waals surface area contributed by atoms with Gasteiger partial charge in [-0.25, -0.2) is 13.8 Å². The number of aromatic nitrogens is 2. The molecule has 1 heterocycles. The fourth-order valence-electron chi connectivity index (χ4n) is 1.30. The van der Waals surface area contributed by atoms with E-state index < -0.39 is 11.6 Å². The Hall–Kier alpha value is -2.35. The maximum Gasteiger partial charge on any atom is 0.166 e. The first-order valence-corrected chi connectivity index (χ1v) is 4.39. The molecular formula is C11H5F2N3. The van der Waals surface area contributed by atoms with Crippen LogP contribution in [0.2, 0.25) is 0 Å². The fraction of sp³-hybridized carbons (Fsp3) is 0. The molecule has 2 rings (SSSR count). The predicted molar refractivity (Wildman–Crippen MR) is 52.1 cm³/mol. The Balaban J connectivity index is 2.64. The third-order valence-electron chi connectivity index (χ3n) is 1.99. The molecule has 0 atom stereocenters. The number of hydrogen-bond donors (Lipinski definition) is 0. The molecule has 2 aromatic rings. The van der Waals surface area contributed by atoms with Crippen molar-refractivity contribution in [3.8, 4) is 17.3 Å². The van der Waals surface area contributed by atoms with E-state index in [2.05, 4.69) is 9.97 Å². The number of nitriles is 1. The van der Waals surface area contributed by atoms with Gasteiger partial charge in [0.2, 0.25) is 0 Å². The van der Waals surface area contributed by atoms with E-state index in [-0.39, 0.29) is 17.0 Å². The van der Waals surface area contributed by atoms with Crippen LogP contribution in [-0.4, -0.2) is 9.97 Å². The molecule has 0 amide bonds. The van der Waals surface area contributed by atoms with Gasteiger partial charge in [0.15, 0.2) is 5.69 Å². The molecule has 0 fully saturated rings. The quantitative estimate of drug-likeness (QED) is 0.736. The van der Waals surface area contributed by atoms with Crippen molar-refractivity contribution in [1.82, 2.24) is 9.97 Å². The number of rotatable bonds is 1. The highest BCUT2D eigenvalue weighted by molar-refractivity contribution is 5.64. The number of hydrogen-bond acceptors (Lipinski definition) is 3. The van der Waals surface area contributed by atoms with E-state index in [1.54, 1.807) is 6.07 Å². The maximum absolute atomic E-state index is 13.4. The molecule has 78 valence electrons. The molecule has 5 heteroatoms. The number of nitrogens with zero attached hydrogens (tertiary/aromatic N) is 3. The minimum Gasteiger partial charge on any atom is -0.251 e. The lowest BCUT2D eigenvalue weighted by Gasteiger charge is -2.03. The minimum absolute atomic E-state index is 0.00741. The molecule has 0 radical (unpaired) electrons. The summed E-state index contributed by atoms with van der Waals surface area (Å²) in [7, 11) is 0. The van der Waals surface area contributed by atoms with Crippen molar-refractivity contribution in [2.45, 2.75) is 0 Å². The summed E-state index contributed by atoms with van der Waals surface area (Å²) in [5, 5.41) is 8.78. The lowest BCUT2D eigenvalue weighted by molar-refractivity contribution is 0.585. The first-order chi connectivity index (χ1) is 7.72. The van der Waals surface area contributed by atoms with Gasteiger partial charge in [-0.3, -0.25) is 4.98 Å². The summed E-state index contributed by atoms with van der Waals surface area (Å²) in [6.07, 6.45) is 2.68. The highest BCUT2D eigenvalue weighted by atomic mass is 19.1. The Morgan fingerprint density at radius 3 is 2.56 bits per heavy atom. The number of benzene rings is 1. The summed E-state index contributed by atoms with van der Waals surface area (Å²) in [6.45, 7) is 0. The predicted octanol–water partition coefficient (Wildman–Crippen LogP) is 2.29. The van der Waals surface area contributed by atoms with Crippen LogP contribution >= 0.6 is 0 Å². The van der Waals surface area contributed by atoms with Crippen molar-refractivity contribution >= 4 is 0 Å². The summed E-state index contributed by atoms with van der Waals surface area (Å²) in [5.41, 5.74) is 0.182. The standard InChI is InChI=1S/C11H5F2N3/c12-7-1-2-8(9(13)5-7)11-10(6-14)15-3-4-16-11/h1-5H. The summed E-state index contributed by atoms with van der Waals surface area (Å²) in [4.78, 5) is 7.62. The van der Waals surface area contributed by atoms with E-state index in [1.165, 1.54) is 18.5 Å². The van der Waals surface area contributed by atoms with Crippen molar-refractivity contribution in [2.75, 3.05) is 0 Å². The average Bonchev–Trinajstić information content (AvgIpc) is 2.29. The second-order valence-electron chi connectivity index (χ2n) is 2.99. The van der Waals surface area contributed by atoms with Crippen LogP contribution in [-0.2, 0) is 0 Å². The Morgan fingerprint density at radius 2 is 1.88 bits per heavy atom. The molecule has 16 heavy (non-hydrogen) atoms. The van der Waals surface area contributed by atoms with Crippen LogP contribution < -0.4 is 0 Å². The molecule has 0 N–H and O–H groups in total. The van der Waals surface area contributed by atoms with Crippen LogP contribution in [0.25, 0.3) is 11.3 Å². The normalized spacial score (nSPS) is 9.81. The fourth-order valence-corrected chi connectivity index (χ4v) is 1.30. The first-order valence-electron chi connectivity index (χ1n) is 4.39. The van der Waals surface area contributed by atoms with Gasteiger partial charge in [-0.05, 0) is 12.1 Å². The van der Waals surface area contributed by atoms with E-state index in [9.17, 15) is 8.78 Å². The summed E-state index contributed by atoms with van der Waals surface area (Å²) in [6, 6.07) is 4.88. The molecule has 0 saturated heterocycles. The van der Waals surface area contributed by atoms with E-state index in [0.29, 0.717) is 0 Å². The van der Waals surface area contributed by atoms with Crippen LogP contribution in [0.4, 0.5) is 8.78 Å². The maximum atomic E-state index is 13.4. The monoisotopic (exact) mass is 217 g/mol. The minimum atomic E-state index is -0.767. The molecule has 0 saturated carbocycles. The van der Waals surface area contributed by atoms with Gasteiger partial charge in [0.25, 0.3) is 0 Å². The highest BCUT2D eigenvalue weighted by Crippen LogP contribution is 2.22. The van der Waals surface area contributed by atoms with E-state index in [4.69, 9.17) is 5.26 Å². The summed E-state index contributed by atoms with van der Waals surface area (Å²) >= 11 is 0. The largest absolute Gasteiger partial charge is 0.251 e. The molecular weight excluding hydrogens is 212 g/mol. The molecule has 0 aliphatic rings. The van der Waals surface area contributed by atoms with Gasteiger partial charge in [0.05, 0.1) is 0 Å². The van der Waals surface area contributed by atoms with Gasteiger partial charge in [0, 0.05) is 24.0 Å². The third kappa shape index (κ3) is 1.73. The van der Waals surface area contributed by atoms with Crippen LogP contribution in [0.15, 0.2) is 30.6 Å². The SMILES string of the molecule is N#Cc1nccnc1-c1ccc(F)cc1F. The second kappa shape index (κ2) is 4.03. The van der Waals surface area contributed by atoms with Crippen molar-refractivity contribution < 1.29 is 8.78 Å². The molecule has 1 aromatic carbocycles. The van der Waals surface area contributed by atoms with Crippen LogP contribution in [0, 0.1) is 23.0 Å². The second-order valence-corrected chi connectivity index (χ2v) is 2.99. The van der Waals surface area contributed by atoms with E-state index in [1.807, 2.05) is 0 Å². The number of halogens is 2. The third-order valence-corrected chi connectivity index (χ3v) is 1.99. The van der Waals surface area contributed by atoms with Gasteiger partial charge in [-0.1, -0.05) is 0 Å². The van der Waals surface area contributed by atoms with Crippen molar-refractivity contribution in [2.24, 2.45) is 0 Å².